The van der Waals surface area contributed by atoms with Crippen LogP contribution in [0.15, 0.2) is 23.2 Å². The summed E-state index contributed by atoms with van der Waals surface area (Å²) in [5, 5.41) is 15.7. The lowest BCUT2D eigenvalue weighted by Crippen LogP contribution is -2.52. The highest BCUT2D eigenvalue weighted by atomic mass is 16.5. The normalized spacial score (nSPS) is 20.5. The maximum Gasteiger partial charge on any atom is 0.253 e. The van der Waals surface area contributed by atoms with Gasteiger partial charge in [-0.05, 0) is 55.7 Å². The van der Waals surface area contributed by atoms with E-state index in [1.54, 1.807) is 25.3 Å². The number of nitrogens with two attached hydrogens (primary N) is 1. The van der Waals surface area contributed by atoms with Crippen LogP contribution in [0.25, 0.3) is 0 Å². The molecule has 0 radical (unpaired) electrons. The molecule has 0 aliphatic heterocycles. The van der Waals surface area contributed by atoms with Crippen LogP contribution < -0.4 is 25.8 Å². The van der Waals surface area contributed by atoms with Crippen molar-refractivity contribution in [1.82, 2.24) is 10.6 Å². The zero-order valence-corrected chi connectivity index (χ0v) is 20.1. The van der Waals surface area contributed by atoms with Gasteiger partial charge in [-0.1, -0.05) is 26.3 Å². The van der Waals surface area contributed by atoms with E-state index in [4.69, 9.17) is 15.2 Å². The smallest absolute Gasteiger partial charge is 0.253 e. The fourth-order valence-electron chi connectivity index (χ4n) is 3.87. The zero-order chi connectivity index (χ0) is 24.4. The molecule has 9 heteroatoms. The first-order chi connectivity index (χ1) is 15.7. The largest absolute Gasteiger partial charge is 0.493 e. The van der Waals surface area contributed by atoms with E-state index < -0.39 is 11.9 Å². The number of nitrogens with one attached hydrogen (secondary N) is 2. The first kappa shape index (κ1) is 26.4. The van der Waals surface area contributed by atoms with Crippen LogP contribution in [-0.4, -0.2) is 55.3 Å². The number of amides is 2. The van der Waals surface area contributed by atoms with Gasteiger partial charge in [0.1, 0.15) is 6.04 Å². The van der Waals surface area contributed by atoms with Crippen LogP contribution in [0.5, 0.6) is 11.5 Å². The molecule has 1 saturated carbocycles. The van der Waals surface area contributed by atoms with E-state index in [2.05, 4.69) is 29.5 Å². The van der Waals surface area contributed by atoms with Crippen LogP contribution >= 0.6 is 0 Å². The number of methoxy groups -OCH3 is 2. The molecule has 2 atom stereocenters. The SMILES string of the molecule is CCC(C)CC(NC(N)=NC(=O)Cc1ccc(OC)c(OC)c1)C(=O)N[C@H]1CC[C@H](O)CC1. The number of hydrogen-bond acceptors (Lipinski definition) is 5. The van der Waals surface area contributed by atoms with Crippen molar-refractivity contribution >= 4 is 17.8 Å². The monoisotopic (exact) mass is 462 g/mol. The number of carbonyl (C=O) groups is 2. The van der Waals surface area contributed by atoms with Crippen molar-refractivity contribution in [2.24, 2.45) is 16.6 Å². The van der Waals surface area contributed by atoms with E-state index in [1.165, 1.54) is 7.11 Å². The van der Waals surface area contributed by atoms with Gasteiger partial charge in [0.05, 0.1) is 26.7 Å². The summed E-state index contributed by atoms with van der Waals surface area (Å²) in [6, 6.07) is 4.65. The molecule has 1 aromatic carbocycles. The molecule has 2 rings (SSSR count). The van der Waals surface area contributed by atoms with Gasteiger partial charge >= 0.3 is 0 Å². The Morgan fingerprint density at radius 1 is 1.18 bits per heavy atom. The topological polar surface area (TPSA) is 135 Å². The number of rotatable bonds is 10. The van der Waals surface area contributed by atoms with Gasteiger partial charge in [-0.3, -0.25) is 9.59 Å². The number of benzene rings is 1. The molecule has 0 bridgehead atoms. The Labute approximate surface area is 196 Å². The average Bonchev–Trinajstić information content (AvgIpc) is 2.79. The van der Waals surface area contributed by atoms with Crippen molar-refractivity contribution < 1.29 is 24.2 Å². The minimum atomic E-state index is -0.593. The van der Waals surface area contributed by atoms with Crippen molar-refractivity contribution in [3.8, 4) is 11.5 Å². The number of aliphatic hydroxyl groups is 1. The summed E-state index contributed by atoms with van der Waals surface area (Å²) in [7, 11) is 3.07. The molecule has 0 heterocycles. The van der Waals surface area contributed by atoms with Crippen molar-refractivity contribution in [1.29, 1.82) is 0 Å². The Hall–Kier alpha value is -2.81. The summed E-state index contributed by atoms with van der Waals surface area (Å²) in [5.41, 5.74) is 6.71. The van der Waals surface area contributed by atoms with Crippen molar-refractivity contribution in [3.05, 3.63) is 23.8 Å². The highest BCUT2D eigenvalue weighted by molar-refractivity contribution is 5.95. The molecule has 9 nitrogen and oxygen atoms in total. The van der Waals surface area contributed by atoms with E-state index in [9.17, 15) is 14.7 Å². The van der Waals surface area contributed by atoms with Gasteiger partial charge in [-0.2, -0.15) is 4.99 Å². The highest BCUT2D eigenvalue weighted by Crippen LogP contribution is 2.27. The molecule has 184 valence electrons. The molecule has 2 unspecified atom stereocenters. The number of aliphatic hydroxyl groups excluding tert-OH is 1. The minimum Gasteiger partial charge on any atom is -0.493 e. The quantitative estimate of drug-likeness (QED) is 0.308. The Morgan fingerprint density at radius 3 is 2.45 bits per heavy atom. The standard InChI is InChI=1S/C24H38N4O5/c1-5-15(2)12-19(23(31)26-17-7-9-18(29)10-8-17)27-24(25)28-22(30)14-16-6-11-20(32-3)21(13-16)33-4/h6,11,13,15,17-19,29H,5,7-10,12,14H2,1-4H3,(H,26,31)(H3,25,27,28,30)/t15?,17-,18-,19?. The maximum atomic E-state index is 12.9. The van der Waals surface area contributed by atoms with Crippen LogP contribution in [0, 0.1) is 5.92 Å². The molecule has 0 spiro atoms. The van der Waals surface area contributed by atoms with Gasteiger partial charge in [0.2, 0.25) is 5.91 Å². The predicted octanol–water partition coefficient (Wildman–Crippen LogP) is 1.90. The third kappa shape index (κ3) is 8.57. The lowest BCUT2D eigenvalue weighted by atomic mass is 9.92. The van der Waals surface area contributed by atoms with Crippen LogP contribution in [0.3, 0.4) is 0 Å². The van der Waals surface area contributed by atoms with Crippen molar-refractivity contribution in [2.45, 2.75) is 77.0 Å². The second-order valence-electron chi connectivity index (χ2n) is 8.72. The lowest BCUT2D eigenvalue weighted by Gasteiger charge is -2.29. The maximum absolute atomic E-state index is 12.9. The summed E-state index contributed by atoms with van der Waals surface area (Å²) < 4.78 is 10.5. The second kappa shape index (κ2) is 13.0. The molecule has 1 aliphatic carbocycles. The Bertz CT molecular complexity index is 821. The minimum absolute atomic E-state index is 0.0342. The molecule has 1 aromatic rings. The predicted molar refractivity (Wildman–Crippen MR) is 127 cm³/mol. The fourth-order valence-corrected chi connectivity index (χ4v) is 3.87. The van der Waals surface area contributed by atoms with Crippen LogP contribution in [0.2, 0.25) is 0 Å². The average molecular weight is 463 g/mol. The number of carbonyl (C=O) groups excluding carboxylic acids is 2. The second-order valence-corrected chi connectivity index (χ2v) is 8.72. The molecular weight excluding hydrogens is 424 g/mol. The lowest BCUT2D eigenvalue weighted by molar-refractivity contribution is -0.124. The van der Waals surface area contributed by atoms with Gasteiger partial charge in [0, 0.05) is 6.04 Å². The van der Waals surface area contributed by atoms with E-state index in [0.717, 1.165) is 19.3 Å². The summed E-state index contributed by atoms with van der Waals surface area (Å²) in [5.74, 6) is 0.709. The van der Waals surface area contributed by atoms with Crippen molar-refractivity contribution in [2.75, 3.05) is 14.2 Å². The van der Waals surface area contributed by atoms with Gasteiger partial charge < -0.3 is 30.9 Å². The molecular formula is C24H38N4O5. The van der Waals surface area contributed by atoms with E-state index >= 15 is 0 Å². The summed E-state index contributed by atoms with van der Waals surface area (Å²) in [6.45, 7) is 4.13. The fraction of sp³-hybridized carbons (Fsp3) is 0.625. The number of nitrogens with zero attached hydrogens (tertiary/aromatic N) is 1. The summed E-state index contributed by atoms with van der Waals surface area (Å²) in [6.07, 6.45) is 4.09. The van der Waals surface area contributed by atoms with Gasteiger partial charge in [-0.15, -0.1) is 0 Å². The number of ether oxygens (including phenoxy) is 2. The Kier molecular flexibility index (Phi) is 10.4. The van der Waals surface area contributed by atoms with Crippen LogP contribution in [0.4, 0.5) is 0 Å². The van der Waals surface area contributed by atoms with Crippen LogP contribution in [0.1, 0.15) is 57.9 Å². The van der Waals surface area contributed by atoms with Gasteiger partial charge in [-0.25, -0.2) is 0 Å². The number of guanidine groups is 1. The van der Waals surface area contributed by atoms with E-state index in [0.29, 0.717) is 36.3 Å². The molecule has 1 fully saturated rings. The molecule has 1 aliphatic rings. The first-order valence-corrected chi connectivity index (χ1v) is 11.6. The Balaban J connectivity index is 2.01. The molecule has 33 heavy (non-hydrogen) atoms. The number of hydrogen-bond donors (Lipinski definition) is 4. The first-order valence-electron chi connectivity index (χ1n) is 11.6. The van der Waals surface area contributed by atoms with Gasteiger partial charge in [0.25, 0.3) is 5.91 Å². The highest BCUT2D eigenvalue weighted by Gasteiger charge is 2.26. The van der Waals surface area contributed by atoms with Crippen LogP contribution in [-0.2, 0) is 16.0 Å². The molecule has 2 amide bonds. The number of aliphatic imine (C=N–C) groups is 1. The third-order valence-electron chi connectivity index (χ3n) is 6.07. The summed E-state index contributed by atoms with van der Waals surface area (Å²) >= 11 is 0. The van der Waals surface area contributed by atoms with Crippen molar-refractivity contribution in [3.63, 3.8) is 0 Å². The molecule has 5 N–H and O–H groups in total. The molecule has 0 saturated heterocycles. The van der Waals surface area contributed by atoms with E-state index in [-0.39, 0.29) is 36.4 Å². The summed E-state index contributed by atoms with van der Waals surface area (Å²) in [4.78, 5) is 29.3. The Morgan fingerprint density at radius 2 is 1.85 bits per heavy atom. The molecule has 0 aromatic heterocycles. The zero-order valence-electron chi connectivity index (χ0n) is 20.1. The van der Waals surface area contributed by atoms with E-state index in [1.807, 2.05) is 0 Å². The third-order valence-corrected chi connectivity index (χ3v) is 6.07. The van der Waals surface area contributed by atoms with Gasteiger partial charge in [0.15, 0.2) is 17.5 Å².